The van der Waals surface area contributed by atoms with E-state index in [0.29, 0.717) is 50.5 Å². The minimum absolute atomic E-state index is 0.0727. The molecule has 81 heavy (non-hydrogen) atoms. The average Bonchev–Trinajstić information content (AvgIpc) is 2.31. The Kier molecular flexibility index (Phi) is 32.5. The number of epoxide rings is 1. The van der Waals surface area contributed by atoms with Crippen molar-refractivity contribution in [3.05, 3.63) is 149 Å². The SMILES string of the molecule is CC/C=C\C/C=C\C/C=C\CCCCCCCC(=O)O[C@H]1CC(C)(C)[C@]2(CC(=O)/C(C)=C/C=C/C(C)=C/C=C/C=C(C)/C=C/C=C(\C)C=C=C3C(C)(C)C[C@H](OC(=O)CCCCCCC/C=C\CCCCCC)C[C@@]3(C)O)O[C@]2(C)C1. The van der Waals surface area contributed by atoms with Crippen LogP contribution in [0.5, 0.6) is 0 Å². The Morgan fingerprint density at radius 1 is 0.556 bits per heavy atom. The number of carbonyl (C=O) groups is 3. The average molecular weight is 1110 g/mol. The van der Waals surface area contributed by atoms with E-state index < -0.39 is 16.8 Å². The Morgan fingerprint density at radius 2 is 1.02 bits per heavy atom. The summed E-state index contributed by atoms with van der Waals surface area (Å²) in [5.74, 6) is -0.214. The molecule has 0 spiro atoms. The number of fused-ring (bicyclic) bond motifs is 1. The van der Waals surface area contributed by atoms with Gasteiger partial charge in [-0.2, -0.15) is 0 Å². The largest absolute Gasteiger partial charge is 0.462 e. The number of rotatable bonds is 38. The molecule has 0 unspecified atom stereocenters. The summed E-state index contributed by atoms with van der Waals surface area (Å²) in [5, 5.41) is 11.6. The van der Waals surface area contributed by atoms with E-state index in [0.717, 1.165) is 92.9 Å². The number of Topliss-reactive ketones (excluding diaryl/α,β-unsaturated/α-hetero) is 1. The molecular weight excluding hydrogens is 1000 g/mol. The second-order valence-electron chi connectivity index (χ2n) is 25.4. The fourth-order valence-corrected chi connectivity index (χ4v) is 11.9. The number of hydrogen-bond acceptors (Lipinski definition) is 7. The molecule has 0 aromatic carbocycles. The van der Waals surface area contributed by atoms with Crippen molar-refractivity contribution in [3.8, 4) is 0 Å². The van der Waals surface area contributed by atoms with Crippen LogP contribution in [0.25, 0.3) is 0 Å². The van der Waals surface area contributed by atoms with Crippen LogP contribution in [-0.2, 0) is 28.6 Å². The van der Waals surface area contributed by atoms with Crippen LogP contribution < -0.4 is 0 Å². The van der Waals surface area contributed by atoms with Gasteiger partial charge in [0.15, 0.2) is 5.78 Å². The van der Waals surface area contributed by atoms with E-state index >= 15 is 0 Å². The van der Waals surface area contributed by atoms with Crippen molar-refractivity contribution in [3.63, 3.8) is 0 Å². The van der Waals surface area contributed by atoms with E-state index in [9.17, 15) is 19.5 Å². The minimum atomic E-state index is -1.14. The zero-order valence-electron chi connectivity index (χ0n) is 53.1. The van der Waals surface area contributed by atoms with E-state index in [1.54, 1.807) is 0 Å². The predicted octanol–water partition coefficient (Wildman–Crippen LogP) is 20.1. The van der Waals surface area contributed by atoms with Crippen LogP contribution in [-0.4, -0.2) is 51.8 Å². The monoisotopic (exact) mass is 1110 g/mol. The first-order valence-corrected chi connectivity index (χ1v) is 31.7. The summed E-state index contributed by atoms with van der Waals surface area (Å²) in [7, 11) is 0. The van der Waals surface area contributed by atoms with Gasteiger partial charge in [0.2, 0.25) is 0 Å². The van der Waals surface area contributed by atoms with Crippen LogP contribution in [0.15, 0.2) is 149 Å². The van der Waals surface area contributed by atoms with Gasteiger partial charge >= 0.3 is 11.9 Å². The minimum Gasteiger partial charge on any atom is -0.462 e. The quantitative estimate of drug-likeness (QED) is 0.0125. The summed E-state index contributed by atoms with van der Waals surface area (Å²) in [6.07, 6.45) is 65.6. The van der Waals surface area contributed by atoms with E-state index in [1.165, 1.54) is 57.8 Å². The van der Waals surface area contributed by atoms with Crippen molar-refractivity contribution in [1.29, 1.82) is 0 Å². The van der Waals surface area contributed by atoms with Crippen molar-refractivity contribution in [2.75, 3.05) is 0 Å². The number of allylic oxidation sites excluding steroid dienone is 22. The first kappa shape index (κ1) is 70.5. The fourth-order valence-electron chi connectivity index (χ4n) is 11.9. The lowest BCUT2D eigenvalue weighted by Crippen LogP contribution is -2.49. The van der Waals surface area contributed by atoms with Gasteiger partial charge in [-0.3, -0.25) is 14.4 Å². The van der Waals surface area contributed by atoms with Gasteiger partial charge in [-0.15, -0.1) is 5.73 Å². The lowest BCUT2D eigenvalue weighted by molar-refractivity contribution is -0.156. The lowest BCUT2D eigenvalue weighted by Gasteiger charge is -2.44. The van der Waals surface area contributed by atoms with Gasteiger partial charge in [0, 0.05) is 43.1 Å². The number of ether oxygens (including phenoxy) is 3. The smallest absolute Gasteiger partial charge is 0.306 e. The Morgan fingerprint density at radius 3 is 1.56 bits per heavy atom. The Balaban J connectivity index is 1.37. The zero-order valence-corrected chi connectivity index (χ0v) is 53.1. The van der Waals surface area contributed by atoms with Crippen molar-refractivity contribution in [1.82, 2.24) is 0 Å². The summed E-state index contributed by atoms with van der Waals surface area (Å²) >= 11 is 0. The molecule has 1 heterocycles. The van der Waals surface area contributed by atoms with Crippen molar-refractivity contribution >= 4 is 17.7 Å². The second kappa shape index (κ2) is 37.4. The third kappa shape index (κ3) is 27.0. The summed E-state index contributed by atoms with van der Waals surface area (Å²) in [4.78, 5) is 39.3. The third-order valence-corrected chi connectivity index (χ3v) is 16.6. The Labute approximate surface area is 494 Å². The van der Waals surface area contributed by atoms with Gasteiger partial charge in [0.25, 0.3) is 0 Å². The topological polar surface area (TPSA) is 102 Å². The molecule has 2 aliphatic carbocycles. The molecule has 3 rings (SSSR count). The van der Waals surface area contributed by atoms with Gasteiger partial charge in [0.1, 0.15) is 17.8 Å². The van der Waals surface area contributed by atoms with E-state index in [1.807, 2.05) is 82.4 Å². The van der Waals surface area contributed by atoms with Gasteiger partial charge < -0.3 is 19.3 Å². The highest BCUT2D eigenvalue weighted by Gasteiger charge is 2.76. The van der Waals surface area contributed by atoms with Crippen LogP contribution in [0.2, 0.25) is 0 Å². The second-order valence-corrected chi connectivity index (χ2v) is 25.4. The maximum Gasteiger partial charge on any atom is 0.306 e. The lowest BCUT2D eigenvalue weighted by atomic mass is 9.61. The highest BCUT2D eigenvalue weighted by molar-refractivity contribution is 5.96. The van der Waals surface area contributed by atoms with Gasteiger partial charge in [-0.25, -0.2) is 0 Å². The van der Waals surface area contributed by atoms with Gasteiger partial charge in [0.05, 0.1) is 11.2 Å². The summed E-state index contributed by atoms with van der Waals surface area (Å²) in [6.45, 7) is 24.8. The molecule has 2 saturated carbocycles. The van der Waals surface area contributed by atoms with Crippen LogP contribution in [0.4, 0.5) is 0 Å². The van der Waals surface area contributed by atoms with Gasteiger partial charge in [-0.05, 0) is 148 Å². The first-order chi connectivity index (χ1) is 38.6. The normalized spacial score (nSPS) is 24.4. The number of carbonyl (C=O) groups excluding carboxylic acids is 3. The summed E-state index contributed by atoms with van der Waals surface area (Å²) in [6, 6.07) is 0. The number of hydrogen-bond donors (Lipinski definition) is 1. The van der Waals surface area contributed by atoms with Gasteiger partial charge in [-0.1, -0.05) is 220 Å². The Hall–Kier alpha value is -4.81. The van der Waals surface area contributed by atoms with E-state index in [-0.39, 0.29) is 40.8 Å². The molecule has 3 fully saturated rings. The first-order valence-electron chi connectivity index (χ1n) is 31.7. The van der Waals surface area contributed by atoms with E-state index in [2.05, 4.69) is 122 Å². The molecule has 0 radical (unpaired) electrons. The molecule has 7 nitrogen and oxygen atoms in total. The number of unbranched alkanes of at least 4 members (excludes halogenated alkanes) is 14. The molecular formula is C74H112O7. The summed E-state index contributed by atoms with van der Waals surface area (Å²) < 4.78 is 18.5. The molecule has 0 amide bonds. The zero-order chi connectivity index (χ0) is 59.6. The van der Waals surface area contributed by atoms with E-state index in [4.69, 9.17) is 14.2 Å². The van der Waals surface area contributed by atoms with Crippen LogP contribution >= 0.6 is 0 Å². The van der Waals surface area contributed by atoms with Crippen LogP contribution in [0.1, 0.15) is 256 Å². The molecule has 450 valence electrons. The maximum atomic E-state index is 13.6. The molecule has 0 aromatic rings. The molecule has 3 aliphatic rings. The standard InChI is InChI=1S/C74H112O7/c1-13-15-17-19-21-23-25-27-28-30-32-34-36-38-40-52-69(77)80-65-56-71(9,10)74(73(12,58-65)81-74)59-66(75)63(6)50-44-49-61(4)46-42-41-45-60(3)47-43-48-62(5)53-54-67-70(7,8)55-64(57-72(67,11)78)79-68(76)51-39-37-35-33-31-29-26-24-22-20-18-16-14-2/h15,17,21,23-24,26-28,41-50,53,64-65,78H,13-14,16,18-20,22,25,29-40,51-52,55-59H2,1-12H3/b17-15-,23-21-,26-24-,28-27-,42-41+,47-43+,49-44+,60-45+,61-46+,62-48+,63-50+/t54?,64-,65-,72+,73+,74-/m0/s1. The van der Waals surface area contributed by atoms with Crippen LogP contribution in [0.3, 0.4) is 0 Å². The Bertz CT molecular complexity index is 2340. The third-order valence-electron chi connectivity index (χ3n) is 16.6. The highest BCUT2D eigenvalue weighted by Crippen LogP contribution is 2.67. The molecule has 5 atom stereocenters. The molecule has 7 heteroatoms. The molecule has 1 N–H and O–H groups in total. The molecule has 0 aromatic heterocycles. The number of ketones is 1. The number of esters is 2. The molecule has 1 aliphatic heterocycles. The molecule has 0 bridgehead atoms. The van der Waals surface area contributed by atoms with Crippen molar-refractivity contribution < 1.29 is 33.7 Å². The summed E-state index contributed by atoms with van der Waals surface area (Å²) in [5.41, 5.74) is 5.17. The predicted molar refractivity (Wildman–Crippen MR) is 342 cm³/mol. The van der Waals surface area contributed by atoms with Crippen molar-refractivity contribution in [2.45, 2.75) is 285 Å². The highest BCUT2D eigenvalue weighted by atomic mass is 16.6. The van der Waals surface area contributed by atoms with Crippen LogP contribution in [0, 0.1) is 10.8 Å². The maximum absolute atomic E-state index is 13.6. The number of aliphatic hydroxyl groups is 1. The fraction of sp³-hybridized carbons (Fsp3) is 0.622. The van der Waals surface area contributed by atoms with Crippen molar-refractivity contribution in [2.24, 2.45) is 10.8 Å². The molecule has 1 saturated heterocycles.